The average Bonchev–Trinajstić information content (AvgIpc) is 2.44. The lowest BCUT2D eigenvalue weighted by atomic mass is 10.1. The lowest BCUT2D eigenvalue weighted by molar-refractivity contribution is 1.16. The minimum atomic E-state index is 0.402. The summed E-state index contributed by atoms with van der Waals surface area (Å²) in [6.45, 7) is 0. The van der Waals surface area contributed by atoms with Gasteiger partial charge in [0, 0.05) is 28.9 Å². The van der Waals surface area contributed by atoms with Crippen LogP contribution in [0.2, 0.25) is 0 Å². The number of nitrogens with two attached hydrogens (primary N) is 1. The van der Waals surface area contributed by atoms with Crippen LogP contribution >= 0.6 is 15.9 Å². The summed E-state index contributed by atoms with van der Waals surface area (Å²) in [6.07, 6.45) is 5.01. The second-order valence-electron chi connectivity index (χ2n) is 3.95. The first-order valence-electron chi connectivity index (χ1n) is 5.61. The van der Waals surface area contributed by atoms with Gasteiger partial charge in [0.25, 0.3) is 0 Å². The summed E-state index contributed by atoms with van der Waals surface area (Å²) in [7, 11) is 0. The maximum atomic E-state index is 5.74. The van der Waals surface area contributed by atoms with Gasteiger partial charge in [-0.3, -0.25) is 4.98 Å². The quantitative estimate of drug-likeness (QED) is 0.759. The van der Waals surface area contributed by atoms with E-state index in [4.69, 9.17) is 5.73 Å². The van der Waals surface area contributed by atoms with Crippen molar-refractivity contribution >= 4 is 44.0 Å². The zero-order valence-electron chi connectivity index (χ0n) is 9.84. The summed E-state index contributed by atoms with van der Waals surface area (Å²) in [5.41, 5.74) is 6.68. The Labute approximate surface area is 118 Å². The topological polar surface area (TPSA) is 76.7 Å². The zero-order chi connectivity index (χ0) is 13.2. The summed E-state index contributed by atoms with van der Waals surface area (Å²) in [4.78, 5) is 12.2. The summed E-state index contributed by atoms with van der Waals surface area (Å²) in [5.74, 6) is 1.04. The smallest absolute Gasteiger partial charge is 0.150 e. The summed E-state index contributed by atoms with van der Waals surface area (Å²) in [6, 6.07) is 7.91. The molecular weight excluding hydrogens is 306 g/mol. The van der Waals surface area contributed by atoms with Crippen molar-refractivity contribution in [2.45, 2.75) is 0 Å². The molecule has 0 aliphatic rings. The molecule has 19 heavy (non-hydrogen) atoms. The standard InChI is InChI=1S/C13H10BrN5/c14-11-12(15)17-7-18-13(11)19-10-3-1-2-8-6-16-5-4-9(8)10/h1-7H,(H3,15,17,18,19). The van der Waals surface area contributed by atoms with Crippen molar-refractivity contribution in [3.05, 3.63) is 47.5 Å². The van der Waals surface area contributed by atoms with E-state index in [2.05, 4.69) is 36.2 Å². The van der Waals surface area contributed by atoms with Crippen LogP contribution in [0.4, 0.5) is 17.3 Å². The highest BCUT2D eigenvalue weighted by Gasteiger charge is 2.07. The highest BCUT2D eigenvalue weighted by atomic mass is 79.9. The monoisotopic (exact) mass is 315 g/mol. The van der Waals surface area contributed by atoms with Gasteiger partial charge in [-0.1, -0.05) is 12.1 Å². The molecule has 0 bridgehead atoms. The van der Waals surface area contributed by atoms with Gasteiger partial charge in [0.05, 0.1) is 0 Å². The molecule has 5 nitrogen and oxygen atoms in total. The maximum absolute atomic E-state index is 5.74. The lowest BCUT2D eigenvalue weighted by Crippen LogP contribution is -2.00. The maximum Gasteiger partial charge on any atom is 0.150 e. The number of hydrogen-bond acceptors (Lipinski definition) is 5. The third-order valence-corrected chi connectivity index (χ3v) is 3.53. The highest BCUT2D eigenvalue weighted by molar-refractivity contribution is 9.10. The lowest BCUT2D eigenvalue weighted by Gasteiger charge is -2.10. The van der Waals surface area contributed by atoms with Gasteiger partial charge in [-0.05, 0) is 28.1 Å². The number of nitrogens with zero attached hydrogens (tertiary/aromatic N) is 3. The Morgan fingerprint density at radius 2 is 2.05 bits per heavy atom. The van der Waals surface area contributed by atoms with Crippen molar-refractivity contribution in [3.8, 4) is 0 Å². The number of pyridine rings is 1. The molecular formula is C13H10BrN5. The SMILES string of the molecule is Nc1ncnc(Nc2cccc3cnccc23)c1Br. The molecule has 0 amide bonds. The Bertz CT molecular complexity index is 739. The molecule has 0 radical (unpaired) electrons. The number of rotatable bonds is 2. The van der Waals surface area contributed by atoms with Crippen molar-refractivity contribution < 1.29 is 0 Å². The molecule has 0 unspecified atom stereocenters. The number of aromatic nitrogens is 3. The van der Waals surface area contributed by atoms with Crippen LogP contribution in [0.1, 0.15) is 0 Å². The molecule has 2 heterocycles. The van der Waals surface area contributed by atoms with Crippen LogP contribution in [0.5, 0.6) is 0 Å². The van der Waals surface area contributed by atoms with Crippen LogP contribution in [0, 0.1) is 0 Å². The molecule has 2 aromatic heterocycles. The van der Waals surface area contributed by atoms with Crippen molar-refractivity contribution in [1.29, 1.82) is 0 Å². The molecule has 3 N–H and O–H groups in total. The van der Waals surface area contributed by atoms with Crippen LogP contribution < -0.4 is 11.1 Å². The third kappa shape index (κ3) is 2.22. The molecule has 0 aliphatic carbocycles. The molecule has 0 fully saturated rings. The van der Waals surface area contributed by atoms with Gasteiger partial charge in [-0.15, -0.1) is 0 Å². The minimum absolute atomic E-state index is 0.402. The van der Waals surface area contributed by atoms with Crippen LogP contribution in [-0.2, 0) is 0 Å². The molecule has 3 aromatic rings. The summed E-state index contributed by atoms with van der Waals surface area (Å²) >= 11 is 3.38. The van der Waals surface area contributed by atoms with Gasteiger partial charge in [-0.25, -0.2) is 9.97 Å². The van der Waals surface area contributed by atoms with E-state index >= 15 is 0 Å². The normalized spacial score (nSPS) is 10.6. The fourth-order valence-corrected chi connectivity index (χ4v) is 2.13. The number of nitrogen functional groups attached to an aromatic ring is 1. The van der Waals surface area contributed by atoms with Crippen molar-refractivity contribution in [2.24, 2.45) is 0 Å². The van der Waals surface area contributed by atoms with Gasteiger partial charge in [0.2, 0.25) is 0 Å². The van der Waals surface area contributed by atoms with Crippen LogP contribution in [0.25, 0.3) is 10.8 Å². The molecule has 0 aliphatic heterocycles. The molecule has 0 saturated carbocycles. The van der Waals surface area contributed by atoms with E-state index in [1.807, 2.05) is 30.5 Å². The molecule has 0 spiro atoms. The highest BCUT2D eigenvalue weighted by Crippen LogP contribution is 2.30. The Balaban J connectivity index is 2.09. The van der Waals surface area contributed by atoms with Gasteiger partial charge in [-0.2, -0.15) is 0 Å². The largest absolute Gasteiger partial charge is 0.383 e. The van der Waals surface area contributed by atoms with Crippen LogP contribution in [0.3, 0.4) is 0 Å². The van der Waals surface area contributed by atoms with Crippen molar-refractivity contribution in [2.75, 3.05) is 11.1 Å². The fraction of sp³-hybridized carbons (Fsp3) is 0. The summed E-state index contributed by atoms with van der Waals surface area (Å²) in [5, 5.41) is 5.38. The van der Waals surface area contributed by atoms with E-state index in [1.165, 1.54) is 6.33 Å². The number of nitrogens with one attached hydrogen (secondary N) is 1. The van der Waals surface area contributed by atoms with Gasteiger partial charge in [0.15, 0.2) is 0 Å². The van der Waals surface area contributed by atoms with E-state index < -0.39 is 0 Å². The van der Waals surface area contributed by atoms with E-state index in [-0.39, 0.29) is 0 Å². The predicted octanol–water partition coefficient (Wildman–Crippen LogP) is 3.11. The average molecular weight is 316 g/mol. The molecule has 0 saturated heterocycles. The van der Waals surface area contributed by atoms with Gasteiger partial charge < -0.3 is 11.1 Å². The molecule has 1 aromatic carbocycles. The number of fused-ring (bicyclic) bond motifs is 1. The molecule has 6 heteroatoms. The zero-order valence-corrected chi connectivity index (χ0v) is 11.4. The minimum Gasteiger partial charge on any atom is -0.383 e. The molecule has 0 atom stereocenters. The second kappa shape index (κ2) is 4.81. The second-order valence-corrected chi connectivity index (χ2v) is 4.74. The fourth-order valence-electron chi connectivity index (χ4n) is 1.83. The molecule has 94 valence electrons. The van der Waals surface area contributed by atoms with E-state index in [0.717, 1.165) is 16.5 Å². The van der Waals surface area contributed by atoms with Crippen LogP contribution in [-0.4, -0.2) is 15.0 Å². The van der Waals surface area contributed by atoms with Crippen LogP contribution in [0.15, 0.2) is 47.5 Å². The predicted molar refractivity (Wildman–Crippen MR) is 79.2 cm³/mol. The van der Waals surface area contributed by atoms with Crippen molar-refractivity contribution in [3.63, 3.8) is 0 Å². The van der Waals surface area contributed by atoms with E-state index in [1.54, 1.807) is 6.20 Å². The first kappa shape index (κ1) is 11.9. The molecule has 3 rings (SSSR count). The van der Waals surface area contributed by atoms with Gasteiger partial charge in [0.1, 0.15) is 22.4 Å². The van der Waals surface area contributed by atoms with Gasteiger partial charge >= 0.3 is 0 Å². The Kier molecular flexibility index (Phi) is 3.00. The number of benzene rings is 1. The first-order chi connectivity index (χ1) is 9.25. The third-order valence-electron chi connectivity index (χ3n) is 2.75. The number of halogens is 1. The Morgan fingerprint density at radius 1 is 1.16 bits per heavy atom. The Morgan fingerprint density at radius 3 is 2.95 bits per heavy atom. The summed E-state index contributed by atoms with van der Waals surface area (Å²) < 4.78 is 0.654. The van der Waals surface area contributed by atoms with E-state index in [9.17, 15) is 0 Å². The van der Waals surface area contributed by atoms with E-state index in [0.29, 0.717) is 16.1 Å². The van der Waals surface area contributed by atoms with Crippen molar-refractivity contribution in [1.82, 2.24) is 15.0 Å². The Hall–Kier alpha value is -2.21. The first-order valence-corrected chi connectivity index (χ1v) is 6.41. The number of anilines is 3. The number of hydrogen-bond donors (Lipinski definition) is 2.